The zero-order chi connectivity index (χ0) is 11.1. The Hall–Kier alpha value is -0.710. The maximum atomic E-state index is 12.7. The van der Waals surface area contributed by atoms with E-state index in [9.17, 15) is 13.6 Å². The fourth-order valence-corrected chi connectivity index (χ4v) is 2.16. The molecular formula is C10H16F2N2O. The number of hydrogen-bond donors (Lipinski definition) is 1. The van der Waals surface area contributed by atoms with Crippen molar-refractivity contribution in [1.82, 2.24) is 4.90 Å². The second kappa shape index (κ2) is 3.70. The van der Waals surface area contributed by atoms with Gasteiger partial charge >= 0.3 is 0 Å². The molecule has 1 unspecified atom stereocenters. The first-order valence-corrected chi connectivity index (χ1v) is 5.41. The highest BCUT2D eigenvalue weighted by molar-refractivity contribution is 5.83. The predicted molar refractivity (Wildman–Crippen MR) is 51.4 cm³/mol. The molecule has 2 N–H and O–H groups in total. The smallest absolute Gasteiger partial charge is 0.260 e. The van der Waals surface area contributed by atoms with Crippen LogP contribution in [0.2, 0.25) is 0 Å². The Morgan fingerprint density at radius 3 is 2.73 bits per heavy atom. The molecule has 3 nitrogen and oxygen atoms in total. The first-order valence-electron chi connectivity index (χ1n) is 5.41. The summed E-state index contributed by atoms with van der Waals surface area (Å²) < 4.78 is 25.4. The van der Waals surface area contributed by atoms with Crippen molar-refractivity contribution in [2.75, 3.05) is 19.6 Å². The van der Waals surface area contributed by atoms with Crippen LogP contribution in [0, 0.1) is 11.8 Å². The van der Waals surface area contributed by atoms with E-state index in [0.29, 0.717) is 19.6 Å². The zero-order valence-electron chi connectivity index (χ0n) is 8.59. The quantitative estimate of drug-likeness (QED) is 0.746. The van der Waals surface area contributed by atoms with Gasteiger partial charge in [0.1, 0.15) is 5.92 Å². The fraction of sp³-hybridized carbons (Fsp3) is 0.900. The Morgan fingerprint density at radius 1 is 1.53 bits per heavy atom. The first kappa shape index (κ1) is 10.8. The number of halogens is 2. The van der Waals surface area contributed by atoms with Gasteiger partial charge in [0.2, 0.25) is 5.91 Å². The van der Waals surface area contributed by atoms with E-state index in [-0.39, 0.29) is 18.2 Å². The minimum Gasteiger partial charge on any atom is -0.342 e. The van der Waals surface area contributed by atoms with Crippen LogP contribution in [-0.4, -0.2) is 36.4 Å². The van der Waals surface area contributed by atoms with Crippen molar-refractivity contribution in [3.8, 4) is 0 Å². The molecule has 1 aliphatic carbocycles. The van der Waals surface area contributed by atoms with Crippen molar-refractivity contribution >= 4 is 5.91 Å². The highest BCUT2D eigenvalue weighted by atomic mass is 19.3. The summed E-state index contributed by atoms with van der Waals surface area (Å²) in [5.74, 6) is -3.88. The van der Waals surface area contributed by atoms with Crippen molar-refractivity contribution in [3.05, 3.63) is 0 Å². The fourth-order valence-electron chi connectivity index (χ4n) is 2.16. The van der Waals surface area contributed by atoms with Gasteiger partial charge in [0.25, 0.3) is 5.92 Å². The number of rotatable bonds is 2. The van der Waals surface area contributed by atoms with Crippen LogP contribution in [0.3, 0.4) is 0 Å². The van der Waals surface area contributed by atoms with Crippen molar-refractivity contribution in [1.29, 1.82) is 0 Å². The molecule has 1 heterocycles. The standard InChI is InChI=1S/C10H16F2N2O/c11-10(12)4-8(10)9(15)14-3-1-2-7(5-13)6-14/h7-8H,1-6,13H2/t7-,8?/m1/s1. The number of piperidine rings is 1. The Morgan fingerprint density at radius 2 is 2.20 bits per heavy atom. The summed E-state index contributed by atoms with van der Waals surface area (Å²) in [5.41, 5.74) is 5.52. The zero-order valence-corrected chi connectivity index (χ0v) is 8.59. The SMILES string of the molecule is NC[C@H]1CCCN(C(=O)C2CC2(F)F)C1. The number of carbonyl (C=O) groups excluding carboxylic acids is 1. The van der Waals surface area contributed by atoms with Gasteiger partial charge in [-0.2, -0.15) is 0 Å². The van der Waals surface area contributed by atoms with E-state index in [1.807, 2.05) is 0 Å². The monoisotopic (exact) mass is 218 g/mol. The lowest BCUT2D eigenvalue weighted by Gasteiger charge is -2.32. The maximum absolute atomic E-state index is 12.7. The van der Waals surface area contributed by atoms with Gasteiger partial charge < -0.3 is 10.6 Å². The molecule has 1 amide bonds. The van der Waals surface area contributed by atoms with Gasteiger partial charge in [0.15, 0.2) is 0 Å². The number of hydrogen-bond acceptors (Lipinski definition) is 2. The largest absolute Gasteiger partial charge is 0.342 e. The molecular weight excluding hydrogens is 202 g/mol. The van der Waals surface area contributed by atoms with Crippen LogP contribution >= 0.6 is 0 Å². The number of nitrogens with zero attached hydrogens (tertiary/aromatic N) is 1. The third-order valence-electron chi connectivity index (χ3n) is 3.29. The average Bonchev–Trinajstić information content (AvgIpc) is 2.87. The number of likely N-dealkylation sites (tertiary alicyclic amines) is 1. The molecule has 5 heteroatoms. The lowest BCUT2D eigenvalue weighted by molar-refractivity contribution is -0.136. The molecule has 0 radical (unpaired) electrons. The molecule has 2 rings (SSSR count). The molecule has 86 valence electrons. The molecule has 0 aromatic carbocycles. The van der Waals surface area contributed by atoms with Gasteiger partial charge in [0.05, 0.1) is 0 Å². The number of nitrogens with two attached hydrogens (primary N) is 1. The summed E-state index contributed by atoms with van der Waals surface area (Å²) in [6, 6.07) is 0. The average molecular weight is 218 g/mol. The molecule has 2 atom stereocenters. The van der Waals surface area contributed by atoms with E-state index >= 15 is 0 Å². The van der Waals surface area contributed by atoms with Crippen LogP contribution in [-0.2, 0) is 4.79 Å². The Labute approximate surface area is 87.6 Å². The van der Waals surface area contributed by atoms with Crippen LogP contribution in [0.4, 0.5) is 8.78 Å². The Balaban J connectivity index is 1.91. The van der Waals surface area contributed by atoms with Crippen LogP contribution in [0.1, 0.15) is 19.3 Å². The van der Waals surface area contributed by atoms with Crippen LogP contribution in [0.25, 0.3) is 0 Å². The van der Waals surface area contributed by atoms with Crippen LogP contribution in [0.5, 0.6) is 0 Å². The van der Waals surface area contributed by atoms with Gasteiger partial charge in [-0.25, -0.2) is 8.78 Å². The van der Waals surface area contributed by atoms with Crippen molar-refractivity contribution in [2.24, 2.45) is 17.6 Å². The molecule has 15 heavy (non-hydrogen) atoms. The summed E-state index contributed by atoms with van der Waals surface area (Å²) in [4.78, 5) is 13.2. The van der Waals surface area contributed by atoms with Gasteiger partial charge in [-0.05, 0) is 25.3 Å². The minimum atomic E-state index is -2.74. The van der Waals surface area contributed by atoms with Crippen LogP contribution in [0.15, 0.2) is 0 Å². The third-order valence-corrected chi connectivity index (χ3v) is 3.29. The van der Waals surface area contributed by atoms with E-state index in [2.05, 4.69) is 0 Å². The van der Waals surface area contributed by atoms with E-state index in [4.69, 9.17) is 5.73 Å². The number of carbonyl (C=O) groups is 1. The second-order valence-corrected chi connectivity index (χ2v) is 4.55. The number of alkyl halides is 2. The van der Waals surface area contributed by atoms with E-state index < -0.39 is 11.8 Å². The number of amides is 1. The van der Waals surface area contributed by atoms with Crippen LogP contribution < -0.4 is 5.73 Å². The normalized spacial score (nSPS) is 33.9. The molecule has 0 aromatic rings. The van der Waals surface area contributed by atoms with Crippen molar-refractivity contribution in [3.63, 3.8) is 0 Å². The summed E-state index contributed by atoms with van der Waals surface area (Å²) in [6.45, 7) is 1.70. The van der Waals surface area contributed by atoms with Gasteiger partial charge in [0, 0.05) is 19.5 Å². The van der Waals surface area contributed by atoms with Crippen molar-refractivity contribution in [2.45, 2.75) is 25.2 Å². The summed E-state index contributed by atoms with van der Waals surface area (Å²) in [5, 5.41) is 0. The molecule has 1 saturated carbocycles. The molecule has 1 saturated heterocycles. The summed E-state index contributed by atoms with van der Waals surface area (Å²) in [6.07, 6.45) is 1.61. The molecule has 2 aliphatic rings. The Kier molecular flexibility index (Phi) is 2.66. The van der Waals surface area contributed by atoms with Crippen molar-refractivity contribution < 1.29 is 13.6 Å². The summed E-state index contributed by atoms with van der Waals surface area (Å²) in [7, 11) is 0. The summed E-state index contributed by atoms with van der Waals surface area (Å²) >= 11 is 0. The topological polar surface area (TPSA) is 46.3 Å². The second-order valence-electron chi connectivity index (χ2n) is 4.55. The van der Waals surface area contributed by atoms with E-state index in [1.54, 1.807) is 4.90 Å². The minimum absolute atomic E-state index is 0.268. The first-order chi connectivity index (χ1) is 7.04. The molecule has 2 fully saturated rings. The highest BCUT2D eigenvalue weighted by Crippen LogP contribution is 2.49. The third kappa shape index (κ3) is 2.12. The molecule has 0 bridgehead atoms. The molecule has 1 aliphatic heterocycles. The molecule has 0 aromatic heterocycles. The Bertz CT molecular complexity index is 270. The highest BCUT2D eigenvalue weighted by Gasteiger charge is 2.62. The van der Waals surface area contributed by atoms with Gasteiger partial charge in [-0.3, -0.25) is 4.79 Å². The molecule has 0 spiro atoms. The predicted octanol–water partition coefficient (Wildman–Crippen LogP) is 0.839. The maximum Gasteiger partial charge on any atom is 0.260 e. The van der Waals surface area contributed by atoms with E-state index in [1.165, 1.54) is 0 Å². The lowest BCUT2D eigenvalue weighted by atomic mass is 9.98. The van der Waals surface area contributed by atoms with Gasteiger partial charge in [-0.15, -0.1) is 0 Å². The lowest BCUT2D eigenvalue weighted by Crippen LogP contribution is -2.43. The van der Waals surface area contributed by atoms with Gasteiger partial charge in [-0.1, -0.05) is 0 Å². The van der Waals surface area contributed by atoms with E-state index in [0.717, 1.165) is 12.8 Å².